The topological polar surface area (TPSA) is 52.7 Å². The number of likely N-dealkylation sites (N-methyl/N-ethyl adjacent to an activating group) is 1. The molecule has 2 unspecified atom stereocenters. The van der Waals surface area contributed by atoms with Crippen LogP contribution in [0.5, 0.6) is 0 Å². The monoisotopic (exact) mass is 429 g/mol. The third-order valence-electron chi connectivity index (χ3n) is 4.91. The zero-order chi connectivity index (χ0) is 19.4. The summed E-state index contributed by atoms with van der Waals surface area (Å²) in [5, 5.41) is 3.04. The van der Waals surface area contributed by atoms with Crippen LogP contribution in [-0.2, 0) is 9.59 Å². The van der Waals surface area contributed by atoms with Gasteiger partial charge in [0.2, 0.25) is 11.8 Å². The molecule has 27 heavy (non-hydrogen) atoms. The maximum Gasteiger partial charge on any atom is 0.227 e. The Balaban J connectivity index is 1.61. The van der Waals surface area contributed by atoms with Crippen LogP contribution in [0, 0.1) is 5.92 Å². The molecule has 0 bridgehead atoms. The average molecular weight is 430 g/mol. The molecule has 1 fully saturated rings. The van der Waals surface area contributed by atoms with Crippen molar-refractivity contribution in [3.8, 4) is 0 Å². The van der Waals surface area contributed by atoms with Crippen molar-refractivity contribution in [2.75, 3.05) is 32.1 Å². The Morgan fingerprint density at radius 2 is 1.85 bits per heavy atom. The van der Waals surface area contributed by atoms with Crippen molar-refractivity contribution >= 4 is 33.4 Å². The predicted octanol–water partition coefficient (Wildman–Crippen LogP) is 3.22. The van der Waals surface area contributed by atoms with E-state index in [0.717, 1.165) is 15.7 Å². The van der Waals surface area contributed by atoms with Gasteiger partial charge in [0.1, 0.15) is 0 Å². The highest BCUT2D eigenvalue weighted by Gasteiger charge is 2.35. The second-order valence-corrected chi connectivity index (χ2v) is 7.93. The molecule has 1 N–H and O–H groups in total. The lowest BCUT2D eigenvalue weighted by Crippen LogP contribution is -2.38. The fourth-order valence-corrected chi connectivity index (χ4v) is 3.63. The summed E-state index contributed by atoms with van der Waals surface area (Å²) >= 11 is 3.40. The molecular formula is C21H24BrN3O2. The first-order valence-corrected chi connectivity index (χ1v) is 9.80. The number of anilines is 1. The Morgan fingerprint density at radius 3 is 2.48 bits per heavy atom. The fourth-order valence-electron chi connectivity index (χ4n) is 3.37. The Hall–Kier alpha value is -2.18. The van der Waals surface area contributed by atoms with Crippen molar-refractivity contribution < 1.29 is 9.59 Å². The summed E-state index contributed by atoms with van der Waals surface area (Å²) in [6.45, 7) is 0.934. The first kappa shape index (κ1) is 19.6. The average Bonchev–Trinajstić information content (AvgIpc) is 3.05. The van der Waals surface area contributed by atoms with Gasteiger partial charge in [-0.15, -0.1) is 0 Å². The van der Waals surface area contributed by atoms with Crippen molar-refractivity contribution in [1.82, 2.24) is 10.2 Å². The molecule has 1 aliphatic heterocycles. The smallest absolute Gasteiger partial charge is 0.227 e. The molecule has 0 radical (unpaired) electrons. The SMILES string of the molecule is CN(C)C(CNC(=O)C1CC(=O)N(c2ccc(Br)cc2)C1)c1ccccc1. The van der Waals surface area contributed by atoms with Crippen molar-refractivity contribution in [2.45, 2.75) is 12.5 Å². The van der Waals surface area contributed by atoms with Crippen molar-refractivity contribution in [3.05, 3.63) is 64.6 Å². The molecule has 3 rings (SSSR count). The Bertz CT molecular complexity index is 793. The van der Waals surface area contributed by atoms with E-state index in [1.807, 2.05) is 56.6 Å². The third-order valence-corrected chi connectivity index (χ3v) is 5.44. The number of hydrogen-bond donors (Lipinski definition) is 1. The summed E-state index contributed by atoms with van der Waals surface area (Å²) < 4.78 is 0.961. The molecule has 0 saturated carbocycles. The Labute approximate surface area is 168 Å². The van der Waals surface area contributed by atoms with Crippen LogP contribution in [0.3, 0.4) is 0 Å². The summed E-state index contributed by atoms with van der Waals surface area (Å²) in [7, 11) is 4.00. The number of nitrogens with zero attached hydrogens (tertiary/aromatic N) is 2. The van der Waals surface area contributed by atoms with Crippen LogP contribution in [-0.4, -0.2) is 43.9 Å². The minimum absolute atomic E-state index is 0.00954. The van der Waals surface area contributed by atoms with E-state index in [9.17, 15) is 9.59 Å². The molecule has 2 aromatic rings. The lowest BCUT2D eigenvalue weighted by atomic mass is 10.0. The standard InChI is InChI=1S/C21H24BrN3O2/c1-24(2)19(15-6-4-3-5-7-15)13-23-21(27)16-12-20(26)25(14-16)18-10-8-17(22)9-11-18/h3-11,16,19H,12-14H2,1-2H3,(H,23,27). The van der Waals surface area contributed by atoms with Gasteiger partial charge in [-0.05, 0) is 43.9 Å². The molecule has 1 heterocycles. The molecule has 2 atom stereocenters. The van der Waals surface area contributed by atoms with E-state index in [-0.39, 0.29) is 30.2 Å². The Kier molecular flexibility index (Phi) is 6.29. The van der Waals surface area contributed by atoms with Crippen molar-refractivity contribution in [1.29, 1.82) is 0 Å². The van der Waals surface area contributed by atoms with Gasteiger partial charge < -0.3 is 15.1 Å². The quantitative estimate of drug-likeness (QED) is 0.766. The minimum atomic E-state index is -0.320. The van der Waals surface area contributed by atoms with E-state index >= 15 is 0 Å². The second-order valence-electron chi connectivity index (χ2n) is 7.02. The lowest BCUT2D eigenvalue weighted by molar-refractivity contribution is -0.126. The number of hydrogen-bond acceptors (Lipinski definition) is 3. The summed E-state index contributed by atoms with van der Waals surface area (Å²) in [5.41, 5.74) is 1.98. The fraction of sp³-hybridized carbons (Fsp3) is 0.333. The van der Waals surface area contributed by atoms with Gasteiger partial charge in [0.05, 0.1) is 12.0 Å². The van der Waals surface area contributed by atoms with Gasteiger partial charge in [-0.2, -0.15) is 0 Å². The molecule has 0 aromatic heterocycles. The van der Waals surface area contributed by atoms with Crippen molar-refractivity contribution in [3.63, 3.8) is 0 Å². The first-order chi connectivity index (χ1) is 13.0. The van der Waals surface area contributed by atoms with Crippen LogP contribution in [0.1, 0.15) is 18.0 Å². The largest absolute Gasteiger partial charge is 0.354 e. The maximum atomic E-state index is 12.7. The molecule has 1 saturated heterocycles. The predicted molar refractivity (Wildman–Crippen MR) is 110 cm³/mol. The van der Waals surface area contributed by atoms with E-state index in [1.165, 1.54) is 0 Å². The summed E-state index contributed by atoms with van der Waals surface area (Å²) in [6.07, 6.45) is 0.250. The highest BCUT2D eigenvalue weighted by Crippen LogP contribution is 2.26. The van der Waals surface area contributed by atoms with Gasteiger partial charge >= 0.3 is 0 Å². The number of amides is 2. The highest BCUT2D eigenvalue weighted by molar-refractivity contribution is 9.10. The molecule has 0 spiro atoms. The molecule has 5 nitrogen and oxygen atoms in total. The lowest BCUT2D eigenvalue weighted by Gasteiger charge is -2.25. The highest BCUT2D eigenvalue weighted by atomic mass is 79.9. The number of carbonyl (C=O) groups excluding carboxylic acids is 2. The number of nitrogens with one attached hydrogen (secondary N) is 1. The number of rotatable bonds is 6. The van der Waals surface area contributed by atoms with Gasteiger partial charge in [0.15, 0.2) is 0 Å². The zero-order valence-corrected chi connectivity index (χ0v) is 17.1. The van der Waals surface area contributed by atoms with Crippen LogP contribution >= 0.6 is 15.9 Å². The minimum Gasteiger partial charge on any atom is -0.354 e. The van der Waals surface area contributed by atoms with Crippen LogP contribution in [0.25, 0.3) is 0 Å². The zero-order valence-electron chi connectivity index (χ0n) is 15.6. The summed E-state index contributed by atoms with van der Waals surface area (Å²) in [5.74, 6) is -0.393. The van der Waals surface area contributed by atoms with Crippen molar-refractivity contribution in [2.24, 2.45) is 5.92 Å². The van der Waals surface area contributed by atoms with Crippen LogP contribution in [0.4, 0.5) is 5.69 Å². The van der Waals surface area contributed by atoms with Crippen LogP contribution < -0.4 is 10.2 Å². The first-order valence-electron chi connectivity index (χ1n) is 9.00. The summed E-state index contributed by atoms with van der Waals surface area (Å²) in [4.78, 5) is 28.8. The van der Waals surface area contributed by atoms with E-state index in [1.54, 1.807) is 4.90 Å². The normalized spacial score (nSPS) is 18.0. The summed E-state index contributed by atoms with van der Waals surface area (Å²) in [6, 6.07) is 17.8. The van der Waals surface area contributed by atoms with Gasteiger partial charge in [-0.1, -0.05) is 46.3 Å². The molecular weight excluding hydrogens is 406 g/mol. The van der Waals surface area contributed by atoms with Gasteiger partial charge in [-0.25, -0.2) is 0 Å². The Morgan fingerprint density at radius 1 is 1.19 bits per heavy atom. The number of benzene rings is 2. The number of halogens is 1. The van der Waals surface area contributed by atoms with Crippen LogP contribution in [0.2, 0.25) is 0 Å². The molecule has 1 aliphatic rings. The molecule has 142 valence electrons. The van der Waals surface area contributed by atoms with Gasteiger partial charge in [-0.3, -0.25) is 9.59 Å². The molecule has 2 amide bonds. The van der Waals surface area contributed by atoms with E-state index in [4.69, 9.17) is 0 Å². The van der Waals surface area contributed by atoms with E-state index in [2.05, 4.69) is 38.3 Å². The third kappa shape index (κ3) is 4.76. The second kappa shape index (κ2) is 8.67. The van der Waals surface area contributed by atoms with Gasteiger partial charge in [0.25, 0.3) is 0 Å². The van der Waals surface area contributed by atoms with Crippen LogP contribution in [0.15, 0.2) is 59.1 Å². The van der Waals surface area contributed by atoms with E-state index < -0.39 is 0 Å². The maximum absolute atomic E-state index is 12.7. The molecule has 6 heteroatoms. The molecule has 0 aliphatic carbocycles. The molecule has 2 aromatic carbocycles. The van der Waals surface area contributed by atoms with Gasteiger partial charge in [0, 0.05) is 29.7 Å². The number of carbonyl (C=O) groups is 2. The van der Waals surface area contributed by atoms with E-state index in [0.29, 0.717) is 13.1 Å².